The van der Waals surface area contributed by atoms with Crippen molar-refractivity contribution in [2.24, 2.45) is 11.8 Å². The number of ether oxygens (including phenoxy) is 1. The Balaban J connectivity index is 1.49. The molecule has 0 aromatic carbocycles. The summed E-state index contributed by atoms with van der Waals surface area (Å²) >= 11 is 0. The molecule has 0 radical (unpaired) electrons. The first kappa shape index (κ1) is 19.5. The Kier molecular flexibility index (Phi) is 4.65. The number of pyridine rings is 2. The lowest BCUT2D eigenvalue weighted by molar-refractivity contribution is -0.141. The lowest BCUT2D eigenvalue weighted by Gasteiger charge is -2.12. The fourth-order valence-electron chi connectivity index (χ4n) is 3.51. The van der Waals surface area contributed by atoms with Gasteiger partial charge in [0.15, 0.2) is 5.82 Å². The Morgan fingerprint density at radius 1 is 0.935 bits per heavy atom. The Morgan fingerprint density at radius 3 is 2.42 bits per heavy atom. The maximum absolute atomic E-state index is 13.1. The maximum Gasteiger partial charge on any atom is 0.433 e. The summed E-state index contributed by atoms with van der Waals surface area (Å²) in [6, 6.07) is 6.21. The van der Waals surface area contributed by atoms with Gasteiger partial charge in [-0.15, -0.1) is 0 Å². The van der Waals surface area contributed by atoms with Gasteiger partial charge in [-0.3, -0.25) is 0 Å². The minimum atomic E-state index is -4.60. The molecule has 4 heterocycles. The van der Waals surface area contributed by atoms with Crippen molar-refractivity contribution in [2.45, 2.75) is 12.2 Å². The number of hydrogen-bond donors (Lipinski definition) is 2. The molecule has 1 aliphatic heterocycles. The highest BCUT2D eigenvalue weighted by Crippen LogP contribution is 2.45. The average Bonchev–Trinajstić information content (AvgIpc) is 3.16. The number of hydrogen-bond acceptors (Lipinski definition) is 8. The first-order chi connectivity index (χ1) is 14.9. The molecule has 3 aromatic rings. The Bertz CT molecular complexity index is 1100. The van der Waals surface area contributed by atoms with Gasteiger partial charge in [0.25, 0.3) is 0 Å². The molecule has 5 rings (SSSR count). The van der Waals surface area contributed by atoms with Crippen molar-refractivity contribution >= 4 is 17.6 Å². The molecule has 2 unspecified atom stereocenters. The molecule has 1 saturated heterocycles. The van der Waals surface area contributed by atoms with Crippen molar-refractivity contribution in [3.8, 4) is 11.5 Å². The summed E-state index contributed by atoms with van der Waals surface area (Å²) in [6.45, 7) is 1.28. The third-order valence-corrected chi connectivity index (χ3v) is 5.14. The van der Waals surface area contributed by atoms with Crippen LogP contribution in [0.5, 0.6) is 0 Å². The molecule has 31 heavy (non-hydrogen) atoms. The number of aromatic nitrogens is 5. The summed E-state index contributed by atoms with van der Waals surface area (Å²) in [7, 11) is 0. The van der Waals surface area contributed by atoms with E-state index in [9.17, 15) is 17.6 Å². The zero-order valence-electron chi connectivity index (χ0n) is 15.8. The van der Waals surface area contributed by atoms with E-state index in [4.69, 9.17) is 4.74 Å². The van der Waals surface area contributed by atoms with Gasteiger partial charge in [-0.2, -0.15) is 32.5 Å². The first-order valence-corrected chi connectivity index (χ1v) is 9.40. The SMILES string of the molecule is Fc1ccc(Nc2nc(NC3C4COC[C@@H]43)nc(-c3cccc(C(F)(F)F)n3)n2)cn1. The second kappa shape index (κ2) is 7.38. The van der Waals surface area contributed by atoms with E-state index in [2.05, 4.69) is 35.6 Å². The molecule has 2 N–H and O–H groups in total. The van der Waals surface area contributed by atoms with E-state index < -0.39 is 17.8 Å². The summed E-state index contributed by atoms with van der Waals surface area (Å²) < 4.78 is 57.7. The van der Waals surface area contributed by atoms with Crippen molar-refractivity contribution in [3.63, 3.8) is 0 Å². The topological polar surface area (TPSA) is 97.7 Å². The number of halogens is 4. The number of alkyl halides is 3. The van der Waals surface area contributed by atoms with Crippen molar-refractivity contribution in [1.29, 1.82) is 0 Å². The predicted octanol–water partition coefficient (Wildman–Crippen LogP) is 3.29. The monoisotopic (exact) mass is 433 g/mol. The van der Waals surface area contributed by atoms with Crippen LogP contribution in [0.25, 0.3) is 11.5 Å². The third-order valence-electron chi connectivity index (χ3n) is 5.14. The van der Waals surface area contributed by atoms with Crippen molar-refractivity contribution in [2.75, 3.05) is 23.8 Å². The molecule has 0 bridgehead atoms. The maximum atomic E-state index is 13.1. The van der Waals surface area contributed by atoms with Crippen LogP contribution in [0.15, 0.2) is 36.5 Å². The van der Waals surface area contributed by atoms with Crippen LogP contribution in [0.2, 0.25) is 0 Å². The van der Waals surface area contributed by atoms with E-state index in [1.807, 2.05) is 0 Å². The Labute approximate surface area is 173 Å². The number of nitrogens with one attached hydrogen (secondary N) is 2. The number of anilines is 3. The van der Waals surface area contributed by atoms with Gasteiger partial charge in [-0.05, 0) is 24.3 Å². The van der Waals surface area contributed by atoms with Gasteiger partial charge in [0, 0.05) is 17.9 Å². The molecule has 2 aliphatic rings. The summed E-state index contributed by atoms with van der Waals surface area (Å²) in [6.07, 6.45) is -3.35. The average molecular weight is 433 g/mol. The van der Waals surface area contributed by atoms with E-state index in [0.717, 1.165) is 12.1 Å². The highest BCUT2D eigenvalue weighted by molar-refractivity contribution is 5.58. The molecule has 2 fully saturated rings. The fourth-order valence-corrected chi connectivity index (χ4v) is 3.51. The van der Waals surface area contributed by atoms with E-state index in [0.29, 0.717) is 30.7 Å². The molecular weight excluding hydrogens is 418 g/mol. The lowest BCUT2D eigenvalue weighted by atomic mass is 10.3. The molecule has 160 valence electrons. The minimum Gasteiger partial charge on any atom is -0.381 e. The second-order valence-electron chi connectivity index (χ2n) is 7.24. The van der Waals surface area contributed by atoms with Gasteiger partial charge < -0.3 is 15.4 Å². The zero-order valence-corrected chi connectivity index (χ0v) is 15.8. The van der Waals surface area contributed by atoms with Crippen LogP contribution in [-0.2, 0) is 10.9 Å². The van der Waals surface area contributed by atoms with Crippen molar-refractivity contribution < 1.29 is 22.3 Å². The Hall–Kier alpha value is -3.41. The molecule has 0 spiro atoms. The Morgan fingerprint density at radius 2 is 1.71 bits per heavy atom. The van der Waals surface area contributed by atoms with Crippen molar-refractivity contribution in [3.05, 3.63) is 48.2 Å². The second-order valence-corrected chi connectivity index (χ2v) is 7.24. The first-order valence-electron chi connectivity index (χ1n) is 9.40. The standard InChI is InChI=1S/C19H15F4N7O/c20-14-5-4-9(6-24-14)25-17-28-16(12-2-1-3-13(26-12)19(21,22)23)29-18(30-17)27-15-10-7-31-8-11(10)15/h1-6,10-11,15H,7-8H2,(H2,25,27,28,29,30)/t10-,11?,15?/m0/s1. The molecule has 12 heteroatoms. The minimum absolute atomic E-state index is 0.0387. The fraction of sp³-hybridized carbons (Fsp3) is 0.316. The summed E-state index contributed by atoms with van der Waals surface area (Å²) in [5.74, 6) is 0.265. The normalized spacial score (nSPS) is 22.1. The largest absolute Gasteiger partial charge is 0.433 e. The van der Waals surface area contributed by atoms with Gasteiger partial charge in [-0.25, -0.2) is 9.97 Å². The molecule has 8 nitrogen and oxygen atoms in total. The van der Waals surface area contributed by atoms with Crippen LogP contribution in [-0.4, -0.2) is 44.2 Å². The number of nitrogens with zero attached hydrogens (tertiary/aromatic N) is 5. The number of fused-ring (bicyclic) bond motifs is 1. The van der Waals surface area contributed by atoms with Gasteiger partial charge in [-0.1, -0.05) is 6.07 Å². The van der Waals surface area contributed by atoms with Crippen LogP contribution in [0.3, 0.4) is 0 Å². The van der Waals surface area contributed by atoms with Crippen LogP contribution in [0, 0.1) is 17.8 Å². The number of rotatable bonds is 5. The van der Waals surface area contributed by atoms with Gasteiger partial charge in [0.05, 0.1) is 25.1 Å². The quantitative estimate of drug-likeness (QED) is 0.467. The summed E-state index contributed by atoms with van der Waals surface area (Å²) in [5, 5.41) is 6.06. The predicted molar refractivity (Wildman–Crippen MR) is 101 cm³/mol. The van der Waals surface area contributed by atoms with Gasteiger partial charge >= 0.3 is 6.18 Å². The summed E-state index contributed by atoms with van der Waals surface area (Å²) in [4.78, 5) is 20.0. The third kappa shape index (κ3) is 4.10. The van der Waals surface area contributed by atoms with Gasteiger partial charge in [0.2, 0.25) is 17.8 Å². The van der Waals surface area contributed by atoms with E-state index >= 15 is 0 Å². The van der Waals surface area contributed by atoms with E-state index in [-0.39, 0.29) is 29.5 Å². The smallest absolute Gasteiger partial charge is 0.381 e. The van der Waals surface area contributed by atoms with Crippen LogP contribution < -0.4 is 10.6 Å². The van der Waals surface area contributed by atoms with Crippen LogP contribution >= 0.6 is 0 Å². The zero-order chi connectivity index (χ0) is 21.6. The molecule has 3 aromatic heterocycles. The van der Waals surface area contributed by atoms with E-state index in [1.165, 1.54) is 24.4 Å². The summed E-state index contributed by atoms with van der Waals surface area (Å²) in [5.41, 5.74) is -0.705. The van der Waals surface area contributed by atoms with Crippen molar-refractivity contribution in [1.82, 2.24) is 24.9 Å². The molecule has 1 aliphatic carbocycles. The molecule has 3 atom stereocenters. The molecule has 0 amide bonds. The van der Waals surface area contributed by atoms with Crippen LogP contribution in [0.4, 0.5) is 35.1 Å². The highest BCUT2D eigenvalue weighted by Gasteiger charge is 2.54. The van der Waals surface area contributed by atoms with Crippen LogP contribution in [0.1, 0.15) is 5.69 Å². The highest BCUT2D eigenvalue weighted by atomic mass is 19.4. The molecule has 1 saturated carbocycles. The van der Waals surface area contributed by atoms with E-state index in [1.54, 1.807) is 0 Å². The van der Waals surface area contributed by atoms with Gasteiger partial charge in [0.1, 0.15) is 11.4 Å². The lowest BCUT2D eigenvalue weighted by Crippen LogP contribution is -2.16. The molecular formula is C19H15F4N7O.